The van der Waals surface area contributed by atoms with Gasteiger partial charge in [-0.05, 0) is 64.4 Å². The minimum Gasteiger partial charge on any atom is -0.444 e. The molecule has 2 atom stereocenters. The summed E-state index contributed by atoms with van der Waals surface area (Å²) in [5.74, 6) is -0.236. The highest BCUT2D eigenvalue weighted by Gasteiger charge is 2.38. The number of aromatic nitrogens is 3. The summed E-state index contributed by atoms with van der Waals surface area (Å²) in [6.45, 7) is 9.35. The van der Waals surface area contributed by atoms with Gasteiger partial charge in [-0.2, -0.15) is 0 Å². The number of nitrogens with one attached hydrogen (secondary N) is 1. The maximum Gasteiger partial charge on any atom is 0.411 e. The summed E-state index contributed by atoms with van der Waals surface area (Å²) in [7, 11) is 0. The number of benzene rings is 1. The molecule has 9 nitrogen and oxygen atoms in total. The molecular formula is C24H27ClN4O5. The topological polar surface area (TPSA) is 107 Å². The van der Waals surface area contributed by atoms with Crippen molar-refractivity contribution in [3.63, 3.8) is 0 Å². The highest BCUT2D eigenvalue weighted by Crippen LogP contribution is 2.27. The number of Topliss-reactive ketones (excluding diaryl/α,β-unsaturated/α-hetero) is 1. The first-order valence-corrected chi connectivity index (χ1v) is 11.3. The Labute approximate surface area is 201 Å². The number of aromatic amines is 1. The van der Waals surface area contributed by atoms with E-state index in [-0.39, 0.29) is 30.6 Å². The molecule has 0 radical (unpaired) electrons. The normalized spacial score (nSPS) is 18.8. The molecule has 1 aliphatic heterocycles. The van der Waals surface area contributed by atoms with E-state index in [0.717, 1.165) is 0 Å². The molecule has 34 heavy (non-hydrogen) atoms. The minimum atomic E-state index is -0.799. The highest BCUT2D eigenvalue weighted by molar-refractivity contribution is 6.31. The Morgan fingerprint density at radius 1 is 1.26 bits per heavy atom. The second-order valence-corrected chi connectivity index (χ2v) is 9.81. The van der Waals surface area contributed by atoms with Crippen LogP contribution in [-0.2, 0) is 9.47 Å². The molecule has 1 N–H and O–H groups in total. The summed E-state index contributed by atoms with van der Waals surface area (Å²) in [5.41, 5.74) is 1.25. The molecule has 4 rings (SSSR count). The van der Waals surface area contributed by atoms with Gasteiger partial charge in [0, 0.05) is 11.3 Å². The summed E-state index contributed by atoms with van der Waals surface area (Å²) >= 11 is 6.40. The Kier molecular flexibility index (Phi) is 6.26. The molecule has 0 spiro atoms. The van der Waals surface area contributed by atoms with E-state index >= 15 is 0 Å². The number of carbonyl (C=O) groups excluding carboxylic acids is 2. The van der Waals surface area contributed by atoms with E-state index in [1.54, 1.807) is 56.5 Å². The van der Waals surface area contributed by atoms with E-state index in [9.17, 15) is 14.4 Å². The van der Waals surface area contributed by atoms with Gasteiger partial charge >= 0.3 is 6.09 Å². The number of hydrogen-bond donors (Lipinski definition) is 1. The van der Waals surface area contributed by atoms with E-state index in [0.29, 0.717) is 33.0 Å². The molecule has 1 amide bonds. The molecule has 0 bridgehead atoms. The van der Waals surface area contributed by atoms with Gasteiger partial charge in [-0.25, -0.2) is 9.78 Å². The van der Waals surface area contributed by atoms with Crippen molar-refractivity contribution in [2.45, 2.75) is 52.4 Å². The molecule has 1 aliphatic rings. The van der Waals surface area contributed by atoms with E-state index < -0.39 is 17.7 Å². The Balaban J connectivity index is 1.67. The van der Waals surface area contributed by atoms with Crippen LogP contribution in [-0.4, -0.2) is 62.2 Å². The van der Waals surface area contributed by atoms with Gasteiger partial charge in [0.25, 0.3) is 5.56 Å². The summed E-state index contributed by atoms with van der Waals surface area (Å²) in [5, 5.41) is 0.690. The third-order valence-corrected chi connectivity index (χ3v) is 5.87. The number of morpholine rings is 1. The Morgan fingerprint density at radius 2 is 2.00 bits per heavy atom. The number of halogens is 1. The van der Waals surface area contributed by atoms with E-state index in [2.05, 4.69) is 9.97 Å². The van der Waals surface area contributed by atoms with Gasteiger partial charge in [0.1, 0.15) is 16.8 Å². The smallest absolute Gasteiger partial charge is 0.411 e. The molecule has 2 aromatic heterocycles. The van der Waals surface area contributed by atoms with Crippen molar-refractivity contribution in [3.05, 3.63) is 57.2 Å². The SMILES string of the molecule is Cc1cc(-n2c(Cl)cc3c(=O)[nH]cnc32)ccc1C(=O)[C@@H]1CO[C@H](C)CN1C(=O)OC(C)(C)C. The van der Waals surface area contributed by atoms with Crippen LogP contribution in [0.25, 0.3) is 16.7 Å². The molecule has 1 fully saturated rings. The van der Waals surface area contributed by atoms with Crippen molar-refractivity contribution in [2.24, 2.45) is 0 Å². The van der Waals surface area contributed by atoms with Crippen LogP contribution in [0.5, 0.6) is 0 Å². The number of rotatable bonds is 3. The van der Waals surface area contributed by atoms with Crippen molar-refractivity contribution < 1.29 is 19.1 Å². The molecule has 0 saturated carbocycles. The Hall–Kier alpha value is -3.17. The number of hydrogen-bond acceptors (Lipinski definition) is 6. The first-order chi connectivity index (χ1) is 16.0. The maximum atomic E-state index is 13.5. The zero-order valence-corrected chi connectivity index (χ0v) is 20.5. The highest BCUT2D eigenvalue weighted by atomic mass is 35.5. The van der Waals surface area contributed by atoms with Crippen molar-refractivity contribution in [2.75, 3.05) is 13.2 Å². The lowest BCUT2D eigenvalue weighted by atomic mass is 9.97. The van der Waals surface area contributed by atoms with Gasteiger partial charge in [-0.1, -0.05) is 11.6 Å². The van der Waals surface area contributed by atoms with E-state index in [1.807, 2.05) is 6.92 Å². The predicted octanol–water partition coefficient (Wildman–Crippen LogP) is 3.88. The number of carbonyl (C=O) groups is 2. The van der Waals surface area contributed by atoms with Crippen LogP contribution in [0, 0.1) is 6.92 Å². The molecule has 3 aromatic rings. The number of fused-ring (bicyclic) bond motifs is 1. The van der Waals surface area contributed by atoms with Crippen molar-refractivity contribution in [3.8, 4) is 5.69 Å². The first kappa shape index (κ1) is 24.0. The first-order valence-electron chi connectivity index (χ1n) is 11.0. The number of ether oxygens (including phenoxy) is 2. The van der Waals surface area contributed by atoms with Gasteiger partial charge in [0.15, 0.2) is 11.4 Å². The van der Waals surface area contributed by atoms with Gasteiger partial charge in [-0.3, -0.25) is 19.1 Å². The maximum absolute atomic E-state index is 13.5. The monoisotopic (exact) mass is 486 g/mol. The second kappa shape index (κ2) is 8.88. The zero-order chi connectivity index (χ0) is 24.8. The van der Waals surface area contributed by atoms with Crippen LogP contribution in [0.15, 0.2) is 35.4 Å². The lowest BCUT2D eigenvalue weighted by molar-refractivity contribution is -0.0554. The number of nitrogens with zero attached hydrogens (tertiary/aromatic N) is 3. The summed E-state index contributed by atoms with van der Waals surface area (Å²) in [6, 6.07) is 5.97. The van der Waals surface area contributed by atoms with Crippen LogP contribution in [0.1, 0.15) is 43.6 Å². The largest absolute Gasteiger partial charge is 0.444 e. The lowest BCUT2D eigenvalue weighted by Gasteiger charge is -2.38. The standard InChI is InChI=1S/C24H27ClN4O5/c1-13-8-15(29-19(25)9-17-21(29)26-12-27-22(17)31)6-7-16(13)20(30)18-11-33-14(2)10-28(18)23(32)34-24(3,4)5/h6-9,12,14,18H,10-11H2,1-5H3,(H,26,27,31)/t14-,18+/m1/s1. The van der Waals surface area contributed by atoms with Gasteiger partial charge in [-0.15, -0.1) is 0 Å². The molecule has 10 heteroatoms. The van der Waals surface area contributed by atoms with Gasteiger partial charge in [0.2, 0.25) is 0 Å². The van der Waals surface area contributed by atoms with Crippen LogP contribution in [0.2, 0.25) is 5.15 Å². The molecule has 0 unspecified atom stereocenters. The van der Waals surface area contributed by atoms with Crippen molar-refractivity contribution in [1.82, 2.24) is 19.4 Å². The average molecular weight is 487 g/mol. The molecule has 0 aliphatic carbocycles. The van der Waals surface area contributed by atoms with Gasteiger partial charge in [0.05, 0.1) is 31.0 Å². The molecular weight excluding hydrogens is 460 g/mol. The number of ketones is 1. The summed E-state index contributed by atoms with van der Waals surface area (Å²) in [6.07, 6.45) is 0.564. The van der Waals surface area contributed by atoms with Crippen LogP contribution >= 0.6 is 11.6 Å². The fourth-order valence-electron chi connectivity index (χ4n) is 4.02. The number of amides is 1. The lowest BCUT2D eigenvalue weighted by Crippen LogP contribution is -2.56. The average Bonchev–Trinajstić information content (AvgIpc) is 3.09. The third-order valence-electron chi connectivity index (χ3n) is 5.59. The fourth-order valence-corrected chi connectivity index (χ4v) is 4.31. The molecule has 1 saturated heterocycles. The predicted molar refractivity (Wildman–Crippen MR) is 128 cm³/mol. The van der Waals surface area contributed by atoms with Crippen molar-refractivity contribution >= 4 is 34.5 Å². The van der Waals surface area contributed by atoms with Crippen LogP contribution in [0.4, 0.5) is 4.79 Å². The second-order valence-electron chi connectivity index (χ2n) is 9.43. The fraction of sp³-hybridized carbons (Fsp3) is 0.417. The van der Waals surface area contributed by atoms with Crippen LogP contribution < -0.4 is 5.56 Å². The Bertz CT molecular complexity index is 1320. The molecule has 3 heterocycles. The van der Waals surface area contributed by atoms with Crippen molar-refractivity contribution in [1.29, 1.82) is 0 Å². The Morgan fingerprint density at radius 3 is 2.68 bits per heavy atom. The minimum absolute atomic E-state index is 0.0845. The number of H-pyrrole nitrogens is 1. The molecule has 1 aromatic carbocycles. The third kappa shape index (κ3) is 4.58. The zero-order valence-electron chi connectivity index (χ0n) is 19.7. The molecule has 180 valence electrons. The summed E-state index contributed by atoms with van der Waals surface area (Å²) < 4.78 is 12.9. The van der Waals surface area contributed by atoms with Crippen LogP contribution in [0.3, 0.4) is 0 Å². The number of aryl methyl sites for hydroxylation is 1. The van der Waals surface area contributed by atoms with E-state index in [4.69, 9.17) is 21.1 Å². The quantitative estimate of drug-likeness (QED) is 0.563. The summed E-state index contributed by atoms with van der Waals surface area (Å²) in [4.78, 5) is 46.7. The van der Waals surface area contributed by atoms with Gasteiger partial charge < -0.3 is 14.5 Å². The van der Waals surface area contributed by atoms with E-state index in [1.165, 1.54) is 11.2 Å².